The van der Waals surface area contributed by atoms with Crippen LogP contribution in [0.5, 0.6) is 28.7 Å². The van der Waals surface area contributed by atoms with Crippen LogP contribution < -0.4 is 29.0 Å². The standard InChI is InChI=1S/C53H51N5O10/c1-64-39-14-12-32(13-15-39)34-21-35-29-54-43-27-47(45(65-2)25-41(43)52(62)40(35)24-34)67-19-8-20-68-48-28-44-42(26-46(48)66-3)53(63)58-31-36(23-38(58)30-55-44)33-9-7-10-37(22-33)56-49(59)11-5-4-6-18-57-50(60)16-17-51(57)61/h7,9-10,12-17,22,24-31,35,38,40H,4-6,8,11,18-21,23H2,1-3H3,(H,56,59)/t35-,38-,40?/m0/s1. The van der Waals surface area contributed by atoms with Crippen molar-refractivity contribution in [2.45, 2.75) is 51.0 Å². The van der Waals surface area contributed by atoms with Gasteiger partial charge in [0.2, 0.25) is 5.91 Å². The molecule has 4 aliphatic heterocycles. The number of ether oxygens (including phenoxy) is 5. The molecule has 0 aromatic heterocycles. The maximum absolute atomic E-state index is 14.0. The highest BCUT2D eigenvalue weighted by Crippen LogP contribution is 2.44. The second-order valence-corrected chi connectivity index (χ2v) is 17.1. The van der Waals surface area contributed by atoms with E-state index in [0.717, 1.165) is 28.0 Å². The Morgan fingerprint density at radius 1 is 0.691 bits per heavy atom. The fourth-order valence-corrected chi connectivity index (χ4v) is 9.10. The first-order valence-electron chi connectivity index (χ1n) is 22.7. The maximum Gasteiger partial charge on any atom is 0.260 e. The van der Waals surface area contributed by atoms with Crippen LogP contribution in [0.1, 0.15) is 76.8 Å². The van der Waals surface area contributed by atoms with Gasteiger partial charge in [0.15, 0.2) is 28.8 Å². The molecule has 9 rings (SSSR count). The summed E-state index contributed by atoms with van der Waals surface area (Å²) in [5.74, 6) is 1.16. The number of unbranched alkanes of at least 4 members (excludes halogenated alkanes) is 2. The lowest BCUT2D eigenvalue weighted by Gasteiger charge is -2.19. The molecule has 3 atom stereocenters. The second-order valence-electron chi connectivity index (χ2n) is 17.1. The number of rotatable bonds is 18. The fraction of sp³-hybridized carbons (Fsp3) is 0.302. The van der Waals surface area contributed by atoms with Crippen LogP contribution in [0.15, 0.2) is 107 Å². The number of methoxy groups -OCH3 is 3. The zero-order valence-corrected chi connectivity index (χ0v) is 38.1. The van der Waals surface area contributed by atoms with Crippen molar-refractivity contribution in [3.8, 4) is 28.7 Å². The van der Waals surface area contributed by atoms with Gasteiger partial charge in [0, 0.05) is 91.8 Å². The van der Waals surface area contributed by atoms with Crippen molar-refractivity contribution in [2.75, 3.05) is 46.4 Å². The van der Waals surface area contributed by atoms with E-state index in [1.165, 1.54) is 24.2 Å². The van der Waals surface area contributed by atoms with Gasteiger partial charge in [-0.2, -0.15) is 0 Å². The van der Waals surface area contributed by atoms with Crippen LogP contribution in [0, 0.1) is 11.8 Å². The van der Waals surface area contributed by atoms with Crippen LogP contribution in [0.25, 0.3) is 11.1 Å². The van der Waals surface area contributed by atoms with E-state index in [2.05, 4.69) is 11.4 Å². The summed E-state index contributed by atoms with van der Waals surface area (Å²) >= 11 is 0. The van der Waals surface area contributed by atoms with Gasteiger partial charge >= 0.3 is 0 Å². The molecule has 348 valence electrons. The average molecular weight is 918 g/mol. The highest BCUT2D eigenvalue weighted by Gasteiger charge is 2.37. The van der Waals surface area contributed by atoms with Crippen molar-refractivity contribution in [1.29, 1.82) is 0 Å². The van der Waals surface area contributed by atoms with E-state index < -0.39 is 0 Å². The molecule has 4 heterocycles. The van der Waals surface area contributed by atoms with Gasteiger partial charge in [0.25, 0.3) is 17.7 Å². The van der Waals surface area contributed by atoms with Crippen LogP contribution >= 0.6 is 0 Å². The third-order valence-corrected chi connectivity index (χ3v) is 12.7. The summed E-state index contributed by atoms with van der Waals surface area (Å²) in [4.78, 5) is 76.5. The zero-order chi connectivity index (χ0) is 47.3. The number of hydrogen-bond donors (Lipinski definition) is 1. The minimum atomic E-state index is -0.331. The summed E-state index contributed by atoms with van der Waals surface area (Å²) in [7, 11) is 4.70. The molecular weight excluding hydrogens is 867 g/mol. The van der Waals surface area contributed by atoms with Gasteiger partial charge in [-0.1, -0.05) is 36.8 Å². The average Bonchev–Trinajstić information content (AvgIpc) is 4.04. The Morgan fingerprint density at radius 2 is 1.38 bits per heavy atom. The van der Waals surface area contributed by atoms with Crippen LogP contribution in [-0.2, 0) is 14.4 Å². The number of hydrogen-bond acceptors (Lipinski definition) is 12. The van der Waals surface area contributed by atoms with E-state index in [0.29, 0.717) is 103 Å². The largest absolute Gasteiger partial charge is 0.497 e. The van der Waals surface area contributed by atoms with Gasteiger partial charge in [-0.15, -0.1) is 0 Å². The lowest BCUT2D eigenvalue weighted by Crippen LogP contribution is -2.32. The van der Waals surface area contributed by atoms with E-state index >= 15 is 0 Å². The summed E-state index contributed by atoms with van der Waals surface area (Å²) < 4.78 is 29.0. The van der Waals surface area contributed by atoms with Crippen molar-refractivity contribution in [2.24, 2.45) is 21.8 Å². The molecule has 1 aliphatic carbocycles. The van der Waals surface area contributed by atoms with Gasteiger partial charge in [0.1, 0.15) is 5.75 Å². The van der Waals surface area contributed by atoms with E-state index in [1.807, 2.05) is 60.9 Å². The number of anilines is 1. The lowest BCUT2D eigenvalue weighted by atomic mass is 9.89. The first-order valence-corrected chi connectivity index (χ1v) is 22.7. The Morgan fingerprint density at radius 3 is 2.09 bits per heavy atom. The Kier molecular flexibility index (Phi) is 13.3. The first-order chi connectivity index (χ1) is 33.1. The van der Waals surface area contributed by atoms with E-state index in [-0.39, 0.29) is 60.5 Å². The third-order valence-electron chi connectivity index (χ3n) is 12.7. The molecule has 15 heteroatoms. The summed E-state index contributed by atoms with van der Waals surface area (Å²) in [5.41, 5.74) is 6.48. The van der Waals surface area contributed by atoms with E-state index in [4.69, 9.17) is 33.7 Å². The monoisotopic (exact) mass is 917 g/mol. The minimum absolute atomic E-state index is 0.00840. The van der Waals surface area contributed by atoms with Gasteiger partial charge in [-0.05, 0) is 77.9 Å². The number of aliphatic imine (C=N–C) groups is 2. The number of nitrogens with one attached hydrogen (secondary N) is 1. The van der Waals surface area contributed by atoms with Crippen LogP contribution in [0.2, 0.25) is 0 Å². The topological polar surface area (TPSA) is 175 Å². The molecule has 4 amide bonds. The second kappa shape index (κ2) is 20.0. The molecule has 0 bridgehead atoms. The van der Waals surface area contributed by atoms with Crippen LogP contribution in [0.4, 0.5) is 17.1 Å². The fourth-order valence-electron chi connectivity index (χ4n) is 9.10. The van der Waals surface area contributed by atoms with Gasteiger partial charge in [-0.3, -0.25) is 38.9 Å². The molecule has 5 aliphatic rings. The molecule has 0 radical (unpaired) electrons. The normalized spacial score (nSPS) is 18.8. The molecule has 15 nitrogen and oxygen atoms in total. The number of carbonyl (C=O) groups is 5. The van der Waals surface area contributed by atoms with Gasteiger partial charge < -0.3 is 33.9 Å². The molecule has 1 N–H and O–H groups in total. The van der Waals surface area contributed by atoms with Crippen LogP contribution in [-0.4, -0.2) is 98.8 Å². The molecule has 0 fully saturated rings. The predicted octanol–water partition coefficient (Wildman–Crippen LogP) is 8.57. The van der Waals surface area contributed by atoms with Crippen molar-refractivity contribution in [3.05, 3.63) is 119 Å². The van der Waals surface area contributed by atoms with Crippen molar-refractivity contribution in [1.82, 2.24) is 9.80 Å². The molecule has 1 unspecified atom stereocenters. The molecule has 0 spiro atoms. The van der Waals surface area contributed by atoms with Gasteiger partial charge in [-0.25, -0.2) is 0 Å². The van der Waals surface area contributed by atoms with Crippen molar-refractivity contribution in [3.63, 3.8) is 0 Å². The summed E-state index contributed by atoms with van der Waals surface area (Å²) in [6, 6.07) is 21.9. The summed E-state index contributed by atoms with van der Waals surface area (Å²) in [5, 5.41) is 2.97. The van der Waals surface area contributed by atoms with E-state index in [9.17, 15) is 24.0 Å². The number of imide groups is 1. The summed E-state index contributed by atoms with van der Waals surface area (Å²) in [6.45, 7) is 0.892. The van der Waals surface area contributed by atoms with Crippen LogP contribution in [0.3, 0.4) is 0 Å². The number of Topliss-reactive ketones (excluding diaryl/α,β-unsaturated/α-hetero) is 1. The Balaban J connectivity index is 0.778. The quantitative estimate of drug-likeness (QED) is 0.0752. The van der Waals surface area contributed by atoms with E-state index in [1.54, 1.807) is 49.6 Å². The SMILES string of the molecule is COc1ccc(C2=CC3C(=O)c4cc(OC)c(OCCCOc5cc6c(cc5OC)C(=O)N5C=C(c7cccc(NC(=O)CCCCCN8C(=O)C=CC8=O)c7)C[C@H]5C=N6)cc4N=C[C@@H]3C2)cc1. The number of ketones is 1. The number of fused-ring (bicyclic) bond motifs is 4. The van der Waals surface area contributed by atoms with Gasteiger partial charge in [0.05, 0.1) is 57.5 Å². The number of amides is 4. The Bertz CT molecular complexity index is 2810. The molecule has 0 saturated carbocycles. The third kappa shape index (κ3) is 9.55. The molecule has 4 aromatic carbocycles. The zero-order valence-electron chi connectivity index (χ0n) is 38.1. The van der Waals surface area contributed by atoms with Crippen molar-refractivity contribution >= 4 is 70.0 Å². The Hall–Kier alpha value is -7.81. The predicted molar refractivity (Wildman–Crippen MR) is 257 cm³/mol. The number of allylic oxidation sites excluding steroid dienone is 2. The highest BCUT2D eigenvalue weighted by molar-refractivity contribution is 6.13. The molecule has 4 aromatic rings. The number of carbonyl (C=O) groups excluding carboxylic acids is 5. The first kappa shape index (κ1) is 45.4. The molecule has 0 saturated heterocycles. The smallest absolute Gasteiger partial charge is 0.260 e. The molecular formula is C53H51N5O10. The number of benzene rings is 4. The lowest BCUT2D eigenvalue weighted by molar-refractivity contribution is -0.136. The highest BCUT2D eigenvalue weighted by atomic mass is 16.5. The van der Waals surface area contributed by atoms with Crippen molar-refractivity contribution < 1.29 is 47.7 Å². The molecule has 68 heavy (non-hydrogen) atoms. The summed E-state index contributed by atoms with van der Waals surface area (Å²) in [6.07, 6.45) is 14.1. The minimum Gasteiger partial charge on any atom is -0.497 e. The number of nitrogens with zero attached hydrogens (tertiary/aromatic N) is 4. The Labute approximate surface area is 393 Å². The maximum atomic E-state index is 14.0.